The Balaban J connectivity index is 1.58. The fraction of sp³-hybridized carbons (Fsp3) is 0.240. The molecule has 0 radical (unpaired) electrons. The van der Waals surface area contributed by atoms with Crippen molar-refractivity contribution in [2.45, 2.75) is 19.6 Å². The zero-order chi connectivity index (χ0) is 27.2. The standard InChI is InChI=1S/C25H23F2N5O6/c1-37-10-9-30-15-28-23-22(30)24(35)32(25(36)31(23)12-16-5-3-2-4-6-16)13-21(34)38-14-20(33)29-19-8-7-17(26)11-18(19)27/h2-8,11,15H,9-10,12-14H2,1H3,(H,29,33). The lowest BCUT2D eigenvalue weighted by atomic mass is 10.2. The van der Waals surface area contributed by atoms with E-state index in [2.05, 4.69) is 10.3 Å². The summed E-state index contributed by atoms with van der Waals surface area (Å²) in [6.07, 6.45) is 1.41. The second kappa shape index (κ2) is 11.6. The number of fused-ring (bicyclic) bond motifs is 1. The first-order valence-electron chi connectivity index (χ1n) is 11.4. The number of carbonyl (C=O) groups is 2. The van der Waals surface area contributed by atoms with Gasteiger partial charge in [0.2, 0.25) is 0 Å². The van der Waals surface area contributed by atoms with Gasteiger partial charge in [0.1, 0.15) is 18.2 Å². The van der Waals surface area contributed by atoms with Crippen molar-refractivity contribution in [3.05, 3.63) is 92.9 Å². The monoisotopic (exact) mass is 527 g/mol. The van der Waals surface area contributed by atoms with Crippen LogP contribution in [0.3, 0.4) is 0 Å². The number of anilines is 1. The van der Waals surface area contributed by atoms with Crippen LogP contribution in [0.1, 0.15) is 5.56 Å². The summed E-state index contributed by atoms with van der Waals surface area (Å²) in [5, 5.41) is 2.15. The van der Waals surface area contributed by atoms with Crippen molar-refractivity contribution in [3.63, 3.8) is 0 Å². The molecule has 0 aliphatic rings. The highest BCUT2D eigenvalue weighted by Crippen LogP contribution is 2.15. The smallest absolute Gasteiger partial charge is 0.333 e. The molecule has 198 valence electrons. The maximum Gasteiger partial charge on any atom is 0.333 e. The molecule has 0 aliphatic heterocycles. The molecule has 4 aromatic rings. The highest BCUT2D eigenvalue weighted by molar-refractivity contribution is 5.92. The minimum Gasteiger partial charge on any atom is -0.454 e. The summed E-state index contributed by atoms with van der Waals surface area (Å²) >= 11 is 0. The van der Waals surface area contributed by atoms with E-state index in [0.29, 0.717) is 10.6 Å². The molecule has 0 saturated heterocycles. The van der Waals surface area contributed by atoms with E-state index in [1.807, 2.05) is 6.07 Å². The summed E-state index contributed by atoms with van der Waals surface area (Å²) in [5.74, 6) is -3.78. The van der Waals surface area contributed by atoms with Crippen molar-refractivity contribution >= 4 is 28.7 Å². The summed E-state index contributed by atoms with van der Waals surface area (Å²) < 4.78 is 40.3. The SMILES string of the molecule is COCCn1cnc2c1c(=O)n(CC(=O)OCC(=O)Nc1ccc(F)cc1F)c(=O)n2Cc1ccccc1. The summed E-state index contributed by atoms with van der Waals surface area (Å²) in [4.78, 5) is 55.4. The highest BCUT2D eigenvalue weighted by atomic mass is 19.1. The van der Waals surface area contributed by atoms with Crippen LogP contribution < -0.4 is 16.6 Å². The maximum atomic E-state index is 13.7. The van der Waals surface area contributed by atoms with Gasteiger partial charge in [0.15, 0.2) is 17.8 Å². The minimum atomic E-state index is -1.05. The van der Waals surface area contributed by atoms with Gasteiger partial charge < -0.3 is 19.4 Å². The predicted octanol–water partition coefficient (Wildman–Crippen LogP) is 1.51. The number of amides is 1. The van der Waals surface area contributed by atoms with Crippen LogP contribution in [0.5, 0.6) is 0 Å². The lowest BCUT2D eigenvalue weighted by Gasteiger charge is -2.13. The molecule has 13 heteroatoms. The van der Waals surface area contributed by atoms with Crippen molar-refractivity contribution in [3.8, 4) is 0 Å². The molecule has 0 unspecified atom stereocenters. The molecular weight excluding hydrogens is 504 g/mol. The summed E-state index contributed by atoms with van der Waals surface area (Å²) in [7, 11) is 1.50. The maximum absolute atomic E-state index is 13.7. The molecule has 0 aliphatic carbocycles. The molecule has 2 aromatic carbocycles. The Hall–Kier alpha value is -4.65. The molecule has 2 aromatic heterocycles. The Morgan fingerprint density at radius 1 is 1.05 bits per heavy atom. The normalized spacial score (nSPS) is 11.0. The van der Waals surface area contributed by atoms with E-state index < -0.39 is 47.9 Å². The van der Waals surface area contributed by atoms with E-state index in [1.165, 1.54) is 22.6 Å². The Labute approximate surface area is 213 Å². The summed E-state index contributed by atoms with van der Waals surface area (Å²) in [5.41, 5.74) is -0.863. The molecule has 0 saturated carbocycles. The van der Waals surface area contributed by atoms with Crippen LogP contribution in [0.4, 0.5) is 14.5 Å². The first kappa shape index (κ1) is 26.4. The lowest BCUT2D eigenvalue weighted by Crippen LogP contribution is -2.43. The Morgan fingerprint density at radius 2 is 1.82 bits per heavy atom. The van der Waals surface area contributed by atoms with Crippen molar-refractivity contribution in [2.24, 2.45) is 0 Å². The molecular formula is C25H23F2N5O6. The Morgan fingerprint density at radius 3 is 2.53 bits per heavy atom. The number of imidazole rings is 1. The van der Waals surface area contributed by atoms with E-state index in [0.717, 1.165) is 17.7 Å². The number of nitrogens with zero attached hydrogens (tertiary/aromatic N) is 4. The predicted molar refractivity (Wildman–Crippen MR) is 132 cm³/mol. The van der Waals surface area contributed by atoms with Crippen molar-refractivity contribution in [1.29, 1.82) is 0 Å². The number of rotatable bonds is 10. The van der Waals surface area contributed by atoms with Crippen LogP contribution in [0.15, 0.2) is 64.4 Å². The third kappa shape index (κ3) is 5.83. The molecule has 38 heavy (non-hydrogen) atoms. The van der Waals surface area contributed by atoms with E-state index in [1.54, 1.807) is 24.3 Å². The van der Waals surface area contributed by atoms with Crippen LogP contribution in [0.2, 0.25) is 0 Å². The number of methoxy groups -OCH3 is 1. The van der Waals surface area contributed by atoms with Gasteiger partial charge in [-0.1, -0.05) is 30.3 Å². The second-order valence-corrected chi connectivity index (χ2v) is 8.18. The van der Waals surface area contributed by atoms with E-state index in [4.69, 9.17) is 9.47 Å². The highest BCUT2D eigenvalue weighted by Gasteiger charge is 2.21. The van der Waals surface area contributed by atoms with Crippen LogP contribution in [0, 0.1) is 11.6 Å². The first-order valence-corrected chi connectivity index (χ1v) is 11.4. The summed E-state index contributed by atoms with van der Waals surface area (Å²) in [6, 6.07) is 11.6. The van der Waals surface area contributed by atoms with Crippen molar-refractivity contribution in [1.82, 2.24) is 18.7 Å². The molecule has 2 heterocycles. The van der Waals surface area contributed by atoms with Crippen molar-refractivity contribution < 1.29 is 27.8 Å². The van der Waals surface area contributed by atoms with Gasteiger partial charge >= 0.3 is 11.7 Å². The first-order chi connectivity index (χ1) is 18.3. The molecule has 4 rings (SSSR count). The minimum absolute atomic E-state index is 0.0818. The van der Waals surface area contributed by atoms with Gasteiger partial charge in [-0.3, -0.25) is 19.0 Å². The molecule has 11 nitrogen and oxygen atoms in total. The second-order valence-electron chi connectivity index (χ2n) is 8.18. The fourth-order valence-corrected chi connectivity index (χ4v) is 3.74. The average molecular weight is 527 g/mol. The number of halogens is 2. The molecule has 1 N–H and O–H groups in total. The molecule has 0 atom stereocenters. The fourth-order valence-electron chi connectivity index (χ4n) is 3.74. The number of benzene rings is 2. The van der Waals surface area contributed by atoms with E-state index >= 15 is 0 Å². The number of ether oxygens (including phenoxy) is 2. The zero-order valence-electron chi connectivity index (χ0n) is 20.2. The van der Waals surface area contributed by atoms with Gasteiger partial charge in [0.25, 0.3) is 11.5 Å². The van der Waals surface area contributed by atoms with E-state index in [9.17, 15) is 28.0 Å². The number of nitrogens with one attached hydrogen (secondary N) is 1. The average Bonchev–Trinajstić information content (AvgIpc) is 3.33. The van der Waals surface area contributed by atoms with Gasteiger partial charge in [0.05, 0.1) is 25.2 Å². The third-order valence-electron chi connectivity index (χ3n) is 5.56. The molecule has 0 fully saturated rings. The third-order valence-corrected chi connectivity index (χ3v) is 5.56. The molecule has 0 spiro atoms. The zero-order valence-corrected chi connectivity index (χ0v) is 20.2. The van der Waals surface area contributed by atoms with Crippen molar-refractivity contribution in [2.75, 3.05) is 25.6 Å². The number of esters is 1. The van der Waals surface area contributed by atoms with Crippen LogP contribution in [-0.2, 0) is 38.7 Å². The number of aromatic nitrogens is 4. The Kier molecular flexibility index (Phi) is 8.06. The summed E-state index contributed by atoms with van der Waals surface area (Å²) in [6.45, 7) is -0.976. The largest absolute Gasteiger partial charge is 0.454 e. The number of hydrogen-bond donors (Lipinski definition) is 1. The van der Waals surface area contributed by atoms with Gasteiger partial charge in [-0.05, 0) is 17.7 Å². The lowest BCUT2D eigenvalue weighted by molar-refractivity contribution is -0.148. The number of carbonyl (C=O) groups excluding carboxylic acids is 2. The van der Waals surface area contributed by atoms with E-state index in [-0.39, 0.29) is 36.5 Å². The van der Waals surface area contributed by atoms with Gasteiger partial charge in [0, 0.05) is 19.7 Å². The van der Waals surface area contributed by atoms with Crippen LogP contribution in [0.25, 0.3) is 11.2 Å². The van der Waals surface area contributed by atoms with Crippen LogP contribution in [-0.4, -0.2) is 50.9 Å². The van der Waals surface area contributed by atoms with Gasteiger partial charge in [-0.15, -0.1) is 0 Å². The molecule has 0 bridgehead atoms. The van der Waals surface area contributed by atoms with Gasteiger partial charge in [-0.2, -0.15) is 0 Å². The van der Waals surface area contributed by atoms with Gasteiger partial charge in [-0.25, -0.2) is 23.1 Å². The Bertz CT molecular complexity index is 1600. The molecule has 1 amide bonds. The topological polar surface area (TPSA) is 126 Å². The quantitative estimate of drug-likeness (QED) is 0.310. The number of hydrogen-bond acceptors (Lipinski definition) is 7. The van der Waals surface area contributed by atoms with Crippen LogP contribution >= 0.6 is 0 Å².